The second kappa shape index (κ2) is 6.19. The molecule has 1 saturated heterocycles. The number of amides is 1. The van der Waals surface area contributed by atoms with Crippen LogP contribution in [-0.2, 0) is 11.3 Å². The molecular formula is C16H22N2OS. The van der Waals surface area contributed by atoms with Crippen LogP contribution in [-0.4, -0.2) is 35.4 Å². The zero-order valence-electron chi connectivity index (χ0n) is 12.0. The molecule has 2 fully saturated rings. The molecule has 1 aromatic rings. The molecule has 2 aliphatic rings. The molecule has 1 N–H and O–H groups in total. The first-order chi connectivity index (χ1) is 9.74. The van der Waals surface area contributed by atoms with Gasteiger partial charge in [0.05, 0.1) is 0 Å². The van der Waals surface area contributed by atoms with Crippen molar-refractivity contribution < 1.29 is 4.79 Å². The Kier molecular flexibility index (Phi) is 4.32. The van der Waals surface area contributed by atoms with Crippen molar-refractivity contribution in [2.24, 2.45) is 11.8 Å². The summed E-state index contributed by atoms with van der Waals surface area (Å²) in [4.78, 5) is 14.6. The molecule has 3 nitrogen and oxygen atoms in total. The summed E-state index contributed by atoms with van der Waals surface area (Å²) in [6.07, 6.45) is 1.04. The van der Waals surface area contributed by atoms with Gasteiger partial charge in [0.15, 0.2) is 0 Å². The lowest BCUT2D eigenvalue weighted by molar-refractivity contribution is -0.117. The normalized spacial score (nSPS) is 26.2. The second-order valence-corrected chi connectivity index (χ2v) is 7.08. The molecule has 0 radical (unpaired) electrons. The van der Waals surface area contributed by atoms with Gasteiger partial charge in [-0.2, -0.15) is 11.8 Å². The molecule has 3 rings (SSSR count). The van der Waals surface area contributed by atoms with Crippen LogP contribution >= 0.6 is 11.8 Å². The molecule has 1 heterocycles. The first kappa shape index (κ1) is 14.0. The molecule has 1 saturated carbocycles. The molecule has 0 bridgehead atoms. The Morgan fingerprint density at radius 3 is 2.75 bits per heavy atom. The Morgan fingerprint density at radius 1 is 1.35 bits per heavy atom. The van der Waals surface area contributed by atoms with Gasteiger partial charge in [0.2, 0.25) is 5.91 Å². The van der Waals surface area contributed by atoms with Crippen LogP contribution in [0.1, 0.15) is 18.9 Å². The summed E-state index contributed by atoms with van der Waals surface area (Å²) in [6.45, 7) is 5.37. The van der Waals surface area contributed by atoms with E-state index in [-0.39, 0.29) is 11.8 Å². The standard InChI is InChI=1S/C16H22N2OS/c1-12-10-14(12)16(19)17-15-5-3-2-4-13(15)11-18-6-8-20-9-7-18/h2-5,12,14H,6-11H2,1H3,(H,17,19)/t12-,14+/m1/s1. The van der Waals surface area contributed by atoms with Crippen molar-refractivity contribution in [2.45, 2.75) is 19.9 Å². The highest BCUT2D eigenvalue weighted by molar-refractivity contribution is 7.99. The highest BCUT2D eigenvalue weighted by Gasteiger charge is 2.39. The molecule has 1 aromatic carbocycles. The maximum atomic E-state index is 12.1. The van der Waals surface area contributed by atoms with Gasteiger partial charge in [-0.1, -0.05) is 25.1 Å². The van der Waals surface area contributed by atoms with Crippen LogP contribution in [0.4, 0.5) is 5.69 Å². The van der Waals surface area contributed by atoms with Crippen molar-refractivity contribution in [1.82, 2.24) is 4.90 Å². The zero-order valence-corrected chi connectivity index (χ0v) is 12.8. The third-order valence-corrected chi connectivity index (χ3v) is 5.16. The van der Waals surface area contributed by atoms with Crippen LogP contribution in [0, 0.1) is 11.8 Å². The van der Waals surface area contributed by atoms with E-state index in [1.54, 1.807) is 0 Å². The maximum absolute atomic E-state index is 12.1. The lowest BCUT2D eigenvalue weighted by Gasteiger charge is -2.27. The fraction of sp³-hybridized carbons (Fsp3) is 0.562. The van der Waals surface area contributed by atoms with Crippen LogP contribution in [0.5, 0.6) is 0 Å². The van der Waals surface area contributed by atoms with E-state index in [9.17, 15) is 4.79 Å². The number of nitrogens with one attached hydrogen (secondary N) is 1. The van der Waals surface area contributed by atoms with E-state index in [0.717, 1.165) is 31.7 Å². The molecule has 1 aliphatic carbocycles. The van der Waals surface area contributed by atoms with E-state index in [2.05, 4.69) is 29.3 Å². The quantitative estimate of drug-likeness (QED) is 0.925. The summed E-state index contributed by atoms with van der Waals surface area (Å²) in [5.74, 6) is 3.41. The Bertz CT molecular complexity index is 485. The summed E-state index contributed by atoms with van der Waals surface area (Å²) in [5.41, 5.74) is 2.23. The first-order valence-corrected chi connectivity index (χ1v) is 8.58. The van der Waals surface area contributed by atoms with Crippen molar-refractivity contribution in [3.05, 3.63) is 29.8 Å². The number of carbonyl (C=O) groups is 1. The number of nitrogens with zero attached hydrogens (tertiary/aromatic N) is 1. The molecule has 1 amide bonds. The zero-order chi connectivity index (χ0) is 13.9. The highest BCUT2D eigenvalue weighted by atomic mass is 32.2. The summed E-state index contributed by atoms with van der Waals surface area (Å²) in [6, 6.07) is 8.22. The molecular weight excluding hydrogens is 268 g/mol. The van der Waals surface area contributed by atoms with Crippen LogP contribution in [0.25, 0.3) is 0 Å². The van der Waals surface area contributed by atoms with Crippen LogP contribution in [0.15, 0.2) is 24.3 Å². The largest absolute Gasteiger partial charge is 0.326 e. The molecule has 4 heteroatoms. The van der Waals surface area contributed by atoms with Gasteiger partial charge in [-0.15, -0.1) is 0 Å². The van der Waals surface area contributed by atoms with E-state index in [0.29, 0.717) is 5.92 Å². The van der Waals surface area contributed by atoms with E-state index in [4.69, 9.17) is 0 Å². The van der Waals surface area contributed by atoms with Gasteiger partial charge in [-0.25, -0.2) is 0 Å². The molecule has 0 spiro atoms. The van der Waals surface area contributed by atoms with Gasteiger partial charge < -0.3 is 5.32 Å². The fourth-order valence-electron chi connectivity index (χ4n) is 2.69. The van der Waals surface area contributed by atoms with Crippen molar-refractivity contribution in [3.8, 4) is 0 Å². The maximum Gasteiger partial charge on any atom is 0.227 e. The number of anilines is 1. The number of thioether (sulfide) groups is 1. The topological polar surface area (TPSA) is 32.3 Å². The molecule has 20 heavy (non-hydrogen) atoms. The van der Waals surface area contributed by atoms with Crippen LogP contribution < -0.4 is 5.32 Å². The van der Waals surface area contributed by atoms with Crippen molar-refractivity contribution in [1.29, 1.82) is 0 Å². The third-order valence-electron chi connectivity index (χ3n) is 4.22. The number of hydrogen-bond acceptors (Lipinski definition) is 3. The van der Waals surface area contributed by atoms with E-state index in [1.165, 1.54) is 17.1 Å². The van der Waals surface area contributed by atoms with Crippen molar-refractivity contribution in [3.63, 3.8) is 0 Å². The lowest BCUT2D eigenvalue weighted by atomic mass is 10.1. The van der Waals surface area contributed by atoms with E-state index in [1.807, 2.05) is 23.9 Å². The minimum absolute atomic E-state index is 0.194. The monoisotopic (exact) mass is 290 g/mol. The van der Waals surface area contributed by atoms with Crippen LogP contribution in [0.2, 0.25) is 0 Å². The number of carbonyl (C=O) groups excluding carboxylic acids is 1. The van der Waals surface area contributed by atoms with Gasteiger partial charge in [-0.05, 0) is 24.0 Å². The van der Waals surface area contributed by atoms with Gasteiger partial charge in [-0.3, -0.25) is 9.69 Å². The number of para-hydroxylation sites is 1. The Hall–Kier alpha value is -1.00. The summed E-state index contributed by atoms with van der Waals surface area (Å²) >= 11 is 2.03. The molecule has 1 aliphatic heterocycles. The summed E-state index contributed by atoms with van der Waals surface area (Å²) < 4.78 is 0. The lowest BCUT2D eigenvalue weighted by Crippen LogP contribution is -2.32. The van der Waals surface area contributed by atoms with E-state index < -0.39 is 0 Å². The average molecular weight is 290 g/mol. The SMILES string of the molecule is C[C@@H]1C[C@@H]1C(=O)Nc1ccccc1CN1CCSCC1. The third kappa shape index (κ3) is 3.36. The van der Waals surface area contributed by atoms with Crippen LogP contribution in [0.3, 0.4) is 0 Å². The summed E-state index contributed by atoms with van der Waals surface area (Å²) in [5, 5.41) is 3.12. The Labute approximate surface area is 125 Å². The van der Waals surface area contributed by atoms with Gasteiger partial charge in [0.1, 0.15) is 0 Å². The van der Waals surface area contributed by atoms with Gasteiger partial charge in [0, 0.05) is 42.7 Å². The predicted molar refractivity (Wildman–Crippen MR) is 84.9 cm³/mol. The van der Waals surface area contributed by atoms with Crippen molar-refractivity contribution >= 4 is 23.4 Å². The predicted octanol–water partition coefficient (Wildman–Crippen LogP) is 2.83. The van der Waals surface area contributed by atoms with Crippen molar-refractivity contribution in [2.75, 3.05) is 29.9 Å². The highest BCUT2D eigenvalue weighted by Crippen LogP contribution is 2.38. The Balaban J connectivity index is 1.65. The minimum Gasteiger partial charge on any atom is -0.326 e. The molecule has 108 valence electrons. The molecule has 2 atom stereocenters. The number of hydrogen-bond donors (Lipinski definition) is 1. The van der Waals surface area contributed by atoms with Gasteiger partial charge in [0.25, 0.3) is 0 Å². The summed E-state index contributed by atoms with van der Waals surface area (Å²) in [7, 11) is 0. The number of benzene rings is 1. The smallest absolute Gasteiger partial charge is 0.227 e. The molecule has 0 aromatic heterocycles. The average Bonchev–Trinajstić information content (AvgIpc) is 3.19. The second-order valence-electron chi connectivity index (χ2n) is 5.85. The first-order valence-electron chi connectivity index (χ1n) is 7.43. The minimum atomic E-state index is 0.194. The number of rotatable bonds is 4. The fourth-order valence-corrected chi connectivity index (χ4v) is 3.67. The van der Waals surface area contributed by atoms with Gasteiger partial charge >= 0.3 is 0 Å². The Morgan fingerprint density at radius 2 is 2.05 bits per heavy atom. The van der Waals surface area contributed by atoms with E-state index >= 15 is 0 Å². The molecule has 0 unspecified atom stereocenters.